The molecule has 0 aliphatic rings. The number of halogens is 1. The zero-order chi connectivity index (χ0) is 11.3. The molecule has 3 nitrogen and oxygen atoms in total. The molecule has 0 amide bonds. The van der Waals surface area contributed by atoms with E-state index in [0.717, 1.165) is 10.3 Å². The third-order valence-electron chi connectivity index (χ3n) is 2.51. The predicted molar refractivity (Wildman–Crippen MR) is 62.4 cm³/mol. The van der Waals surface area contributed by atoms with Crippen molar-refractivity contribution in [3.05, 3.63) is 40.2 Å². The lowest BCUT2D eigenvalue weighted by Crippen LogP contribution is -2.03. The fourth-order valence-corrected chi connectivity index (χ4v) is 2.92. The van der Waals surface area contributed by atoms with Crippen LogP contribution in [0.5, 0.6) is 0 Å². The average molecular weight is 234 g/mol. The maximum Gasteiger partial charge on any atom is 0.268 e. The van der Waals surface area contributed by atoms with Crippen molar-refractivity contribution in [1.82, 2.24) is 9.97 Å². The highest BCUT2D eigenvalue weighted by atomic mass is 32.1. The Hall–Kier alpha value is -1.75. The van der Waals surface area contributed by atoms with Crippen LogP contribution >= 0.6 is 11.3 Å². The first kappa shape index (κ1) is 9.47. The second-order valence-electron chi connectivity index (χ2n) is 3.61. The van der Waals surface area contributed by atoms with Gasteiger partial charge in [0.1, 0.15) is 10.5 Å². The Morgan fingerprint density at radius 3 is 3.00 bits per heavy atom. The lowest BCUT2D eigenvalue weighted by atomic mass is 10.1. The van der Waals surface area contributed by atoms with Gasteiger partial charge in [0.2, 0.25) is 0 Å². The van der Waals surface area contributed by atoms with Gasteiger partial charge in [0.15, 0.2) is 0 Å². The average Bonchev–Trinajstić information content (AvgIpc) is 2.59. The largest absolute Gasteiger partial charge is 0.312 e. The SMILES string of the molecule is Cc1cc(F)cc2c1sc1c(=O)[nH]cnc12. The molecular weight excluding hydrogens is 227 g/mol. The summed E-state index contributed by atoms with van der Waals surface area (Å²) < 4.78 is 14.8. The van der Waals surface area contributed by atoms with Crippen molar-refractivity contribution >= 4 is 31.6 Å². The normalized spacial score (nSPS) is 11.4. The summed E-state index contributed by atoms with van der Waals surface area (Å²) in [7, 11) is 0. The molecule has 3 aromatic rings. The number of benzene rings is 1. The predicted octanol–water partition coefficient (Wildman–Crippen LogP) is 2.59. The topological polar surface area (TPSA) is 45.8 Å². The van der Waals surface area contributed by atoms with E-state index in [2.05, 4.69) is 9.97 Å². The first-order valence-corrected chi connectivity index (χ1v) is 5.54. The van der Waals surface area contributed by atoms with Gasteiger partial charge in [-0.2, -0.15) is 0 Å². The molecule has 0 spiro atoms. The molecule has 0 radical (unpaired) electrons. The first-order chi connectivity index (χ1) is 7.66. The summed E-state index contributed by atoms with van der Waals surface area (Å²) in [6.45, 7) is 1.83. The minimum absolute atomic E-state index is 0.175. The van der Waals surface area contributed by atoms with Crippen LogP contribution in [0.2, 0.25) is 0 Å². The van der Waals surface area contributed by atoms with E-state index in [4.69, 9.17) is 0 Å². The molecule has 1 aromatic carbocycles. The second-order valence-corrected chi connectivity index (χ2v) is 4.63. The summed E-state index contributed by atoms with van der Waals surface area (Å²) in [4.78, 5) is 18.2. The van der Waals surface area contributed by atoms with Crippen molar-refractivity contribution in [3.8, 4) is 0 Å². The number of H-pyrrole nitrogens is 1. The summed E-state index contributed by atoms with van der Waals surface area (Å²) >= 11 is 1.35. The zero-order valence-corrected chi connectivity index (χ0v) is 9.19. The van der Waals surface area contributed by atoms with Gasteiger partial charge in [0, 0.05) is 10.1 Å². The number of hydrogen-bond acceptors (Lipinski definition) is 3. The molecule has 5 heteroatoms. The Labute approximate surface area is 93.6 Å². The van der Waals surface area contributed by atoms with Gasteiger partial charge in [-0.15, -0.1) is 11.3 Å². The standard InChI is InChI=1S/C11H7FN2OS/c1-5-2-6(12)3-7-8-10(16-9(5)7)11(15)14-4-13-8/h2-4H,1H3,(H,13,14,15). The summed E-state index contributed by atoms with van der Waals surface area (Å²) in [5.74, 6) is -0.299. The number of hydrogen-bond donors (Lipinski definition) is 1. The molecule has 0 aliphatic carbocycles. The van der Waals surface area contributed by atoms with Gasteiger partial charge in [0.05, 0.1) is 11.8 Å². The van der Waals surface area contributed by atoms with Gasteiger partial charge < -0.3 is 4.98 Å². The summed E-state index contributed by atoms with van der Waals surface area (Å²) in [5.41, 5.74) is 1.23. The fourth-order valence-electron chi connectivity index (χ4n) is 1.82. The fraction of sp³-hybridized carbons (Fsp3) is 0.0909. The Bertz CT molecular complexity index is 760. The zero-order valence-electron chi connectivity index (χ0n) is 8.37. The van der Waals surface area contributed by atoms with Crippen LogP contribution in [0.15, 0.2) is 23.3 Å². The quantitative estimate of drug-likeness (QED) is 0.649. The van der Waals surface area contributed by atoms with Crippen LogP contribution in [-0.4, -0.2) is 9.97 Å². The Balaban J connectivity index is 2.66. The number of aromatic amines is 1. The molecule has 2 heterocycles. The molecular formula is C11H7FN2OS. The number of aromatic nitrogens is 2. The molecule has 0 aliphatic heterocycles. The molecule has 1 N–H and O–H groups in total. The van der Waals surface area contributed by atoms with Crippen LogP contribution in [0.1, 0.15) is 5.56 Å². The van der Waals surface area contributed by atoms with E-state index >= 15 is 0 Å². The van der Waals surface area contributed by atoms with Crippen molar-refractivity contribution in [2.75, 3.05) is 0 Å². The van der Waals surface area contributed by atoms with Crippen LogP contribution in [0.4, 0.5) is 4.39 Å². The summed E-state index contributed by atoms with van der Waals surface area (Å²) in [6.07, 6.45) is 1.34. The number of fused-ring (bicyclic) bond motifs is 3. The highest BCUT2D eigenvalue weighted by molar-refractivity contribution is 7.25. The number of nitrogens with one attached hydrogen (secondary N) is 1. The molecule has 3 rings (SSSR count). The maximum atomic E-state index is 13.3. The van der Waals surface area contributed by atoms with Gasteiger partial charge in [0.25, 0.3) is 5.56 Å². The van der Waals surface area contributed by atoms with Crippen molar-refractivity contribution in [2.24, 2.45) is 0 Å². The number of thiophene rings is 1. The van der Waals surface area contributed by atoms with E-state index in [0.29, 0.717) is 15.6 Å². The lowest BCUT2D eigenvalue weighted by molar-refractivity contribution is 0.629. The summed E-state index contributed by atoms with van der Waals surface area (Å²) in [5, 5.41) is 0.712. The van der Waals surface area contributed by atoms with E-state index in [1.807, 2.05) is 6.92 Å². The molecule has 0 bridgehead atoms. The number of aryl methyl sites for hydroxylation is 1. The molecule has 0 saturated carbocycles. The molecule has 0 fully saturated rings. The van der Waals surface area contributed by atoms with Crippen LogP contribution < -0.4 is 5.56 Å². The Morgan fingerprint density at radius 1 is 1.38 bits per heavy atom. The van der Waals surface area contributed by atoms with Crippen molar-refractivity contribution in [1.29, 1.82) is 0 Å². The van der Waals surface area contributed by atoms with Crippen LogP contribution in [0.3, 0.4) is 0 Å². The van der Waals surface area contributed by atoms with E-state index in [1.54, 1.807) is 0 Å². The van der Waals surface area contributed by atoms with E-state index in [9.17, 15) is 9.18 Å². The third-order valence-corrected chi connectivity index (χ3v) is 3.84. The van der Waals surface area contributed by atoms with E-state index < -0.39 is 0 Å². The minimum Gasteiger partial charge on any atom is -0.312 e. The number of nitrogens with zero attached hydrogens (tertiary/aromatic N) is 1. The lowest BCUT2D eigenvalue weighted by Gasteiger charge is -1.95. The van der Waals surface area contributed by atoms with Crippen molar-refractivity contribution in [3.63, 3.8) is 0 Å². The molecule has 80 valence electrons. The minimum atomic E-state index is -0.299. The first-order valence-electron chi connectivity index (χ1n) is 4.73. The number of rotatable bonds is 0. The second kappa shape index (κ2) is 3.12. The highest BCUT2D eigenvalue weighted by Gasteiger charge is 2.11. The third kappa shape index (κ3) is 1.18. The maximum absolute atomic E-state index is 13.3. The molecule has 0 atom stereocenters. The molecule has 0 saturated heterocycles. The molecule has 0 unspecified atom stereocenters. The summed E-state index contributed by atoms with van der Waals surface area (Å²) in [6, 6.07) is 2.89. The van der Waals surface area contributed by atoms with Gasteiger partial charge >= 0.3 is 0 Å². The Kier molecular flexibility index (Phi) is 1.85. The van der Waals surface area contributed by atoms with E-state index in [1.165, 1.54) is 29.8 Å². The monoisotopic (exact) mass is 234 g/mol. The smallest absolute Gasteiger partial charge is 0.268 e. The van der Waals surface area contributed by atoms with Crippen LogP contribution in [0, 0.1) is 12.7 Å². The van der Waals surface area contributed by atoms with Crippen LogP contribution in [-0.2, 0) is 0 Å². The van der Waals surface area contributed by atoms with Crippen LogP contribution in [0.25, 0.3) is 20.3 Å². The Morgan fingerprint density at radius 2 is 2.19 bits per heavy atom. The van der Waals surface area contributed by atoms with Crippen molar-refractivity contribution < 1.29 is 4.39 Å². The van der Waals surface area contributed by atoms with E-state index in [-0.39, 0.29) is 11.4 Å². The highest BCUT2D eigenvalue weighted by Crippen LogP contribution is 2.32. The van der Waals surface area contributed by atoms with Crippen molar-refractivity contribution in [2.45, 2.75) is 6.92 Å². The van der Waals surface area contributed by atoms with Gasteiger partial charge in [-0.25, -0.2) is 9.37 Å². The van der Waals surface area contributed by atoms with Gasteiger partial charge in [-0.1, -0.05) is 0 Å². The molecule has 16 heavy (non-hydrogen) atoms. The van der Waals surface area contributed by atoms with Gasteiger partial charge in [-0.3, -0.25) is 4.79 Å². The molecule has 2 aromatic heterocycles. The van der Waals surface area contributed by atoms with Gasteiger partial charge in [-0.05, 0) is 24.6 Å².